The van der Waals surface area contributed by atoms with Gasteiger partial charge in [0.15, 0.2) is 8.32 Å². The normalized spacial score (nSPS) is 8.50. The Morgan fingerprint density at radius 1 is 1.00 bits per heavy atom. The van der Waals surface area contributed by atoms with Gasteiger partial charge in [0.25, 0.3) is 0 Å². The van der Waals surface area contributed by atoms with Crippen LogP contribution in [-0.2, 0) is 20.0 Å². The third-order valence-electron chi connectivity index (χ3n) is 1.55. The molecular formula is C19H38Cl2NO2SiTi-3. The molecule has 0 amide bonds. The molecule has 3 N–H and O–H groups in total. The Hall–Kier alpha value is 0.0912. The monoisotopic (exact) mass is 458 g/mol. The Labute approximate surface area is 186 Å². The first kappa shape index (κ1) is 40.7. The van der Waals surface area contributed by atoms with Crippen molar-refractivity contribution >= 4 is 48.7 Å². The molecule has 0 heterocycles. The number of rotatable bonds is 0. The van der Waals surface area contributed by atoms with Crippen LogP contribution in [0, 0.1) is 7.43 Å². The van der Waals surface area contributed by atoms with Crippen molar-refractivity contribution in [2.45, 2.75) is 46.0 Å². The van der Waals surface area contributed by atoms with Gasteiger partial charge in [-0.3, -0.25) is 0 Å². The van der Waals surface area contributed by atoms with E-state index in [9.17, 15) is 0 Å². The summed E-state index contributed by atoms with van der Waals surface area (Å²) in [7, 11) is -0.611. The maximum Gasteiger partial charge on any atom is -0.0809 e. The summed E-state index contributed by atoms with van der Waals surface area (Å²) in [6, 6.07) is 14.7. The molecule has 26 heavy (non-hydrogen) atoms. The van der Waals surface area contributed by atoms with Crippen molar-refractivity contribution < 1.29 is 29.9 Å². The minimum atomic E-state index is -1.61. The molecule has 0 aromatic heterocycles. The molecule has 0 fully saturated rings. The quantitative estimate of drug-likeness (QED) is 0.371. The van der Waals surface area contributed by atoms with Crippen molar-refractivity contribution in [3.8, 4) is 0 Å². The van der Waals surface area contributed by atoms with E-state index in [1.165, 1.54) is 10.8 Å². The van der Waals surface area contributed by atoms with E-state index in [-0.39, 0.29) is 37.8 Å². The fraction of sp³-hybridized carbons (Fsp3) is 0.421. The molecule has 0 saturated carbocycles. The topological polar surface area (TPSA) is 64.3 Å². The summed E-state index contributed by atoms with van der Waals surface area (Å²) >= 11 is 1.75. The van der Waals surface area contributed by atoms with Gasteiger partial charge in [-0.25, -0.2) is 0 Å². The second-order valence-electron chi connectivity index (χ2n) is 6.58. The summed E-state index contributed by atoms with van der Waals surface area (Å²) < 4.78 is 0. The Morgan fingerprint density at radius 3 is 1.62 bits per heavy atom. The number of benzene rings is 1. The number of nitrogens with one attached hydrogen (secondary N) is 1. The smallest absolute Gasteiger partial charge is 0.0809 e. The molecule has 2 aromatic rings. The molecule has 0 aliphatic rings. The third kappa shape index (κ3) is 44.0. The van der Waals surface area contributed by atoms with E-state index in [1.807, 2.05) is 40.4 Å². The first-order chi connectivity index (χ1) is 10.5. The first-order valence-electron chi connectivity index (χ1n) is 7.35. The first-order valence-corrected chi connectivity index (χ1v) is 11.9. The van der Waals surface area contributed by atoms with Crippen molar-refractivity contribution in [3.63, 3.8) is 0 Å². The summed E-state index contributed by atoms with van der Waals surface area (Å²) in [4.78, 5) is 11.9. The number of fused-ring (bicyclic) bond motifs is 1. The van der Waals surface area contributed by atoms with Gasteiger partial charge in [-0.05, 0) is 19.6 Å². The van der Waals surface area contributed by atoms with E-state index >= 15 is 0 Å². The molecule has 2 rings (SSSR count). The fourth-order valence-corrected chi connectivity index (χ4v) is 1.07. The van der Waals surface area contributed by atoms with Gasteiger partial charge in [-0.15, -0.1) is 60.0 Å². The molecule has 0 bridgehead atoms. The van der Waals surface area contributed by atoms with E-state index in [2.05, 4.69) is 47.3 Å². The van der Waals surface area contributed by atoms with Crippen molar-refractivity contribution in [3.05, 3.63) is 55.6 Å². The SMILES string of the molecule is CC(C)(C)[NH-].CO.C[Si](C)(C)O.Cl.Cl.[CH2]=[Ti].[CH3-].c1ccc2[cH-]ccc2c1. The molecule has 2 aromatic carbocycles. The van der Waals surface area contributed by atoms with Gasteiger partial charge in [0, 0.05) is 7.11 Å². The summed E-state index contributed by atoms with van der Waals surface area (Å²) in [5, 5.41) is 9.66. The number of aliphatic hydroxyl groups is 1. The molecule has 156 valence electrons. The molecule has 3 nitrogen and oxygen atoms in total. The van der Waals surface area contributed by atoms with Crippen LogP contribution in [-0.4, -0.2) is 35.7 Å². The fourth-order valence-electron chi connectivity index (χ4n) is 1.07. The predicted octanol–water partition coefficient (Wildman–Crippen LogP) is 6.08. The molecule has 0 radical (unpaired) electrons. The van der Waals surface area contributed by atoms with E-state index in [1.54, 1.807) is 20.0 Å². The molecule has 0 aliphatic carbocycles. The van der Waals surface area contributed by atoms with Crippen molar-refractivity contribution in [2.24, 2.45) is 0 Å². The number of hydrogen-bond acceptors (Lipinski definition) is 2. The third-order valence-corrected chi connectivity index (χ3v) is 1.55. The standard InChI is InChI=1S/C9H7.C4H10N.C3H10OSi.CH4O.CH3.CH2.2ClH.Ti/c1-2-5-9-7-3-6-8(9)4-1;1-4(2,3)5;1-5(2,3)4;1-2;;;;;/h1-7H;5H,1-3H3;4H,1-3H3;2H,1H3;1H3;1H2;2*1H;/q2*-1;;;-1;;;;. The molecule has 0 saturated heterocycles. The maximum atomic E-state index is 8.66. The van der Waals surface area contributed by atoms with E-state index < -0.39 is 8.32 Å². The van der Waals surface area contributed by atoms with Gasteiger partial charge in [-0.2, -0.15) is 17.5 Å². The molecule has 0 aliphatic heterocycles. The maximum absolute atomic E-state index is 8.66. The molecule has 0 unspecified atom stereocenters. The van der Waals surface area contributed by atoms with E-state index in [0.29, 0.717) is 0 Å². The van der Waals surface area contributed by atoms with Crippen LogP contribution < -0.4 is 0 Å². The largest absolute Gasteiger partial charge is 0.358 e. The average molecular weight is 459 g/mol. The van der Waals surface area contributed by atoms with Crippen LogP contribution in [0.4, 0.5) is 0 Å². The number of hydrogen-bond donors (Lipinski definition) is 2. The van der Waals surface area contributed by atoms with Crippen LogP contribution in [0.2, 0.25) is 19.6 Å². The summed E-state index contributed by atoms with van der Waals surface area (Å²) in [6.07, 6.45) is 0. The molecule has 0 atom stereocenters. The molecule has 0 spiro atoms. The van der Waals surface area contributed by atoms with Gasteiger partial charge in [0.05, 0.1) is 0 Å². The van der Waals surface area contributed by atoms with Crippen LogP contribution in [0.15, 0.2) is 42.5 Å². The van der Waals surface area contributed by atoms with E-state index in [4.69, 9.17) is 15.6 Å². The van der Waals surface area contributed by atoms with Gasteiger partial charge in [-0.1, -0.05) is 26.8 Å². The summed E-state index contributed by atoms with van der Waals surface area (Å²) in [6.45, 7) is 11.2. The van der Waals surface area contributed by atoms with Crippen LogP contribution in [0.3, 0.4) is 0 Å². The van der Waals surface area contributed by atoms with Crippen LogP contribution in [0.1, 0.15) is 20.8 Å². The zero-order valence-corrected chi connectivity index (χ0v) is 21.7. The van der Waals surface area contributed by atoms with Crippen molar-refractivity contribution in [1.29, 1.82) is 0 Å². The number of aliphatic hydroxyl groups excluding tert-OH is 1. The second-order valence-corrected chi connectivity index (χ2v) is 10.9. The Bertz CT molecular complexity index is 444. The van der Waals surface area contributed by atoms with Gasteiger partial charge >= 0.3 is 24.8 Å². The van der Waals surface area contributed by atoms with Crippen LogP contribution >= 0.6 is 24.8 Å². The summed E-state index contributed by atoms with van der Waals surface area (Å²) in [5.41, 5.74) is 6.69. The second kappa shape index (κ2) is 23.1. The van der Waals surface area contributed by atoms with Crippen molar-refractivity contribution in [1.82, 2.24) is 0 Å². The number of halogens is 2. The zero-order valence-electron chi connectivity index (χ0n) is 17.5. The van der Waals surface area contributed by atoms with E-state index in [0.717, 1.165) is 7.11 Å². The minimum absolute atomic E-state index is 0. The minimum Gasteiger partial charge on any atom is -0.358 e. The predicted molar refractivity (Wildman–Crippen MR) is 125 cm³/mol. The van der Waals surface area contributed by atoms with Gasteiger partial charge in [0.1, 0.15) is 0 Å². The Morgan fingerprint density at radius 2 is 1.31 bits per heavy atom. The zero-order chi connectivity index (χ0) is 19.1. The van der Waals surface area contributed by atoms with Crippen LogP contribution in [0.25, 0.3) is 16.5 Å². The summed E-state index contributed by atoms with van der Waals surface area (Å²) in [5.74, 6) is 0. The Kier molecular flexibility index (Phi) is 36.2. The Balaban J connectivity index is -0.0000000526. The van der Waals surface area contributed by atoms with Gasteiger partial charge in [0.2, 0.25) is 0 Å². The molecule has 7 heteroatoms. The molecular weight excluding hydrogens is 421 g/mol. The van der Waals surface area contributed by atoms with Gasteiger partial charge < -0.3 is 23.1 Å². The average Bonchev–Trinajstić information content (AvgIpc) is 2.88. The van der Waals surface area contributed by atoms with Crippen molar-refractivity contribution in [2.75, 3.05) is 7.11 Å². The van der Waals surface area contributed by atoms with Crippen LogP contribution in [0.5, 0.6) is 0 Å².